The second-order valence-electron chi connectivity index (χ2n) is 6.32. The van der Waals surface area contributed by atoms with Gasteiger partial charge >= 0.3 is 0 Å². The van der Waals surface area contributed by atoms with E-state index in [-0.39, 0.29) is 12.1 Å². The number of carbonyl (C=O) groups is 1. The van der Waals surface area contributed by atoms with Crippen LogP contribution in [0.25, 0.3) is 5.57 Å². The van der Waals surface area contributed by atoms with E-state index >= 15 is 0 Å². The average molecular weight is 415 g/mol. The Hall–Kier alpha value is -1.75. The monoisotopic (exact) mass is 414 g/mol. The smallest absolute Gasteiger partial charge is 0.186 e. The van der Waals surface area contributed by atoms with Gasteiger partial charge in [0.05, 0.1) is 6.61 Å². The SMILES string of the molecule is O=C(/C=C(/CCOC1CCCCO1)c1ccccc1)c1ccc(Br)cc1. The van der Waals surface area contributed by atoms with Gasteiger partial charge in [-0.3, -0.25) is 4.79 Å². The molecule has 26 heavy (non-hydrogen) atoms. The van der Waals surface area contributed by atoms with Gasteiger partial charge in [0.15, 0.2) is 12.1 Å². The molecule has 1 fully saturated rings. The first kappa shape index (κ1) is 19.0. The molecule has 0 saturated carbocycles. The van der Waals surface area contributed by atoms with E-state index in [2.05, 4.69) is 15.9 Å². The normalized spacial score (nSPS) is 17.9. The van der Waals surface area contributed by atoms with Crippen LogP contribution >= 0.6 is 15.9 Å². The van der Waals surface area contributed by atoms with Crippen LogP contribution in [0.5, 0.6) is 0 Å². The molecular formula is C22H23BrO3. The fourth-order valence-corrected chi connectivity index (χ4v) is 3.22. The van der Waals surface area contributed by atoms with E-state index in [1.165, 1.54) is 0 Å². The Bertz CT molecular complexity index is 732. The van der Waals surface area contributed by atoms with Gasteiger partial charge < -0.3 is 9.47 Å². The lowest BCUT2D eigenvalue weighted by atomic mass is 9.99. The van der Waals surface area contributed by atoms with E-state index in [9.17, 15) is 4.79 Å². The Labute approximate surface area is 163 Å². The van der Waals surface area contributed by atoms with Gasteiger partial charge in [0, 0.05) is 16.6 Å². The summed E-state index contributed by atoms with van der Waals surface area (Å²) in [7, 11) is 0. The van der Waals surface area contributed by atoms with Crippen LogP contribution in [0.3, 0.4) is 0 Å². The lowest BCUT2D eigenvalue weighted by molar-refractivity contribution is -0.161. The third kappa shape index (κ3) is 5.63. The van der Waals surface area contributed by atoms with Crippen molar-refractivity contribution in [3.63, 3.8) is 0 Å². The van der Waals surface area contributed by atoms with Gasteiger partial charge in [0.25, 0.3) is 0 Å². The fraction of sp³-hybridized carbons (Fsp3) is 0.318. The molecule has 0 spiro atoms. The predicted octanol–water partition coefficient (Wildman–Crippen LogP) is 5.65. The van der Waals surface area contributed by atoms with Crippen molar-refractivity contribution < 1.29 is 14.3 Å². The van der Waals surface area contributed by atoms with Crippen molar-refractivity contribution in [1.82, 2.24) is 0 Å². The number of rotatable bonds is 7. The summed E-state index contributed by atoms with van der Waals surface area (Å²) in [6.07, 6.45) is 5.49. The molecule has 1 aliphatic heterocycles. The van der Waals surface area contributed by atoms with Crippen molar-refractivity contribution in [2.24, 2.45) is 0 Å². The molecule has 0 N–H and O–H groups in total. The summed E-state index contributed by atoms with van der Waals surface area (Å²) in [4.78, 5) is 12.6. The van der Waals surface area contributed by atoms with Gasteiger partial charge in [-0.1, -0.05) is 46.3 Å². The molecule has 0 bridgehead atoms. The molecule has 0 aromatic heterocycles. The summed E-state index contributed by atoms with van der Waals surface area (Å²) >= 11 is 3.40. The minimum Gasteiger partial charge on any atom is -0.353 e. The van der Waals surface area contributed by atoms with Crippen molar-refractivity contribution >= 4 is 27.3 Å². The van der Waals surface area contributed by atoms with Crippen molar-refractivity contribution in [2.75, 3.05) is 13.2 Å². The van der Waals surface area contributed by atoms with E-state index in [1.807, 2.05) is 54.6 Å². The first-order chi connectivity index (χ1) is 12.7. The van der Waals surface area contributed by atoms with Crippen molar-refractivity contribution in [2.45, 2.75) is 32.0 Å². The molecule has 1 aliphatic rings. The van der Waals surface area contributed by atoms with E-state index in [0.717, 1.165) is 41.5 Å². The highest BCUT2D eigenvalue weighted by atomic mass is 79.9. The minimum atomic E-state index is -0.108. The van der Waals surface area contributed by atoms with Crippen molar-refractivity contribution in [1.29, 1.82) is 0 Å². The number of ketones is 1. The zero-order valence-electron chi connectivity index (χ0n) is 14.7. The standard InChI is InChI=1S/C22H23BrO3/c23-20-11-9-18(10-12-20)21(24)16-19(17-6-2-1-3-7-17)13-15-26-22-8-4-5-14-25-22/h1-3,6-7,9-12,16,22H,4-5,8,13-15H2/b19-16-. The van der Waals surface area contributed by atoms with Gasteiger partial charge in [-0.15, -0.1) is 0 Å². The van der Waals surface area contributed by atoms with E-state index in [0.29, 0.717) is 18.6 Å². The number of ether oxygens (including phenoxy) is 2. The maximum absolute atomic E-state index is 12.6. The summed E-state index contributed by atoms with van der Waals surface area (Å²) in [5, 5.41) is 0. The summed E-state index contributed by atoms with van der Waals surface area (Å²) in [5.41, 5.74) is 2.71. The highest BCUT2D eigenvalue weighted by Crippen LogP contribution is 2.21. The van der Waals surface area contributed by atoms with Crippen LogP contribution in [0, 0.1) is 0 Å². The van der Waals surface area contributed by atoms with Crippen LogP contribution in [0.15, 0.2) is 65.1 Å². The summed E-state index contributed by atoms with van der Waals surface area (Å²) < 4.78 is 12.4. The van der Waals surface area contributed by atoms with Crippen LogP contribution in [0.2, 0.25) is 0 Å². The van der Waals surface area contributed by atoms with E-state index in [4.69, 9.17) is 9.47 Å². The van der Waals surface area contributed by atoms with Crippen molar-refractivity contribution in [3.8, 4) is 0 Å². The summed E-state index contributed by atoms with van der Waals surface area (Å²) in [6, 6.07) is 17.4. The van der Waals surface area contributed by atoms with Crippen LogP contribution in [-0.4, -0.2) is 25.3 Å². The molecule has 0 amide bonds. The molecule has 1 unspecified atom stereocenters. The molecule has 2 aromatic rings. The minimum absolute atomic E-state index is 0.00488. The summed E-state index contributed by atoms with van der Waals surface area (Å²) in [6.45, 7) is 1.31. The Morgan fingerprint density at radius 1 is 1.08 bits per heavy atom. The number of carbonyl (C=O) groups excluding carboxylic acids is 1. The number of halogens is 1. The fourth-order valence-electron chi connectivity index (χ4n) is 2.95. The highest BCUT2D eigenvalue weighted by molar-refractivity contribution is 9.10. The van der Waals surface area contributed by atoms with Crippen molar-refractivity contribution in [3.05, 3.63) is 76.3 Å². The molecule has 1 heterocycles. The topological polar surface area (TPSA) is 35.5 Å². The Balaban J connectivity index is 1.70. The Morgan fingerprint density at radius 3 is 2.54 bits per heavy atom. The van der Waals surface area contributed by atoms with E-state index in [1.54, 1.807) is 6.08 Å². The molecule has 2 aromatic carbocycles. The third-order valence-electron chi connectivity index (χ3n) is 4.39. The zero-order chi connectivity index (χ0) is 18.2. The molecule has 1 saturated heterocycles. The number of hydrogen-bond donors (Lipinski definition) is 0. The van der Waals surface area contributed by atoms with Crippen LogP contribution < -0.4 is 0 Å². The molecule has 3 rings (SSSR count). The largest absolute Gasteiger partial charge is 0.353 e. The number of hydrogen-bond acceptors (Lipinski definition) is 3. The molecule has 1 atom stereocenters. The van der Waals surface area contributed by atoms with Gasteiger partial charge in [-0.05, 0) is 67.2 Å². The molecule has 136 valence electrons. The summed E-state index contributed by atoms with van der Waals surface area (Å²) in [5.74, 6) is 0.00488. The third-order valence-corrected chi connectivity index (χ3v) is 4.92. The number of allylic oxidation sites excluding steroid dienone is 1. The average Bonchev–Trinajstić information content (AvgIpc) is 2.69. The quantitative estimate of drug-likeness (QED) is 0.433. The van der Waals surface area contributed by atoms with E-state index < -0.39 is 0 Å². The Kier molecular flexibility index (Phi) is 7.18. The lowest BCUT2D eigenvalue weighted by Crippen LogP contribution is -2.22. The second kappa shape index (κ2) is 9.81. The van der Waals surface area contributed by atoms with Crippen LogP contribution in [0.4, 0.5) is 0 Å². The first-order valence-electron chi connectivity index (χ1n) is 9.01. The maximum Gasteiger partial charge on any atom is 0.186 e. The molecule has 4 heteroatoms. The maximum atomic E-state index is 12.6. The van der Waals surface area contributed by atoms with Crippen LogP contribution in [-0.2, 0) is 9.47 Å². The van der Waals surface area contributed by atoms with Crippen LogP contribution in [0.1, 0.15) is 41.6 Å². The number of benzene rings is 2. The van der Waals surface area contributed by atoms with Gasteiger partial charge in [-0.25, -0.2) is 0 Å². The predicted molar refractivity (Wildman–Crippen MR) is 107 cm³/mol. The molecule has 0 aliphatic carbocycles. The second-order valence-corrected chi connectivity index (χ2v) is 7.24. The van der Waals surface area contributed by atoms with Gasteiger partial charge in [0.2, 0.25) is 0 Å². The van der Waals surface area contributed by atoms with Gasteiger partial charge in [0.1, 0.15) is 0 Å². The van der Waals surface area contributed by atoms with Gasteiger partial charge in [-0.2, -0.15) is 0 Å². The molecular weight excluding hydrogens is 392 g/mol. The molecule has 3 nitrogen and oxygen atoms in total. The zero-order valence-corrected chi connectivity index (χ0v) is 16.3. The highest BCUT2D eigenvalue weighted by Gasteiger charge is 2.14. The Morgan fingerprint density at radius 2 is 1.85 bits per heavy atom. The lowest BCUT2D eigenvalue weighted by Gasteiger charge is -2.23. The molecule has 0 radical (unpaired) electrons. The first-order valence-corrected chi connectivity index (χ1v) is 9.81.